The first-order chi connectivity index (χ1) is 12.9. The molecular weight excluding hydrogens is 334 g/mol. The van der Waals surface area contributed by atoms with Crippen LogP contribution in [0.1, 0.15) is 12.0 Å². The Kier molecular flexibility index (Phi) is 3.38. The van der Waals surface area contributed by atoms with E-state index in [-0.39, 0.29) is 0 Å². The van der Waals surface area contributed by atoms with E-state index in [0.717, 1.165) is 11.4 Å². The Labute approximate surface area is 148 Å². The van der Waals surface area contributed by atoms with Crippen LogP contribution in [0.4, 0.5) is 0 Å². The van der Waals surface area contributed by atoms with Gasteiger partial charge in [0.1, 0.15) is 18.8 Å². The molecule has 8 heteroatoms. The van der Waals surface area contributed by atoms with Crippen LogP contribution in [0.25, 0.3) is 17.2 Å². The fourth-order valence-electron chi connectivity index (χ4n) is 2.69. The fourth-order valence-corrected chi connectivity index (χ4v) is 2.69. The van der Waals surface area contributed by atoms with E-state index in [0.29, 0.717) is 29.8 Å². The average Bonchev–Trinajstić information content (AvgIpc) is 3.40. The minimum Gasteiger partial charge on any atom is -0.485 e. The first-order valence-corrected chi connectivity index (χ1v) is 8.04. The van der Waals surface area contributed by atoms with Gasteiger partial charge in [0.05, 0.1) is 0 Å². The molecule has 8 nitrogen and oxygen atoms in total. The second-order valence-electron chi connectivity index (χ2n) is 5.70. The zero-order chi connectivity index (χ0) is 17.3. The van der Waals surface area contributed by atoms with Crippen molar-refractivity contribution in [2.75, 3.05) is 6.61 Å². The number of pyridine rings is 1. The number of fused-ring (bicyclic) bond motifs is 1. The monoisotopic (exact) mass is 347 g/mol. The predicted molar refractivity (Wildman–Crippen MR) is 90.0 cm³/mol. The Morgan fingerprint density at radius 2 is 2.00 bits per heavy atom. The molecule has 1 aliphatic heterocycles. The van der Waals surface area contributed by atoms with E-state index in [1.165, 1.54) is 0 Å². The molecule has 0 spiro atoms. The van der Waals surface area contributed by atoms with Gasteiger partial charge in [-0.05, 0) is 24.3 Å². The number of imidazole rings is 1. The standard InChI is InChI=1S/C18H13N5O3/c1-2-4-14-13(3-1)24-10-15(25-14)18-21-17(22-26-18)12-5-6-16(20-9-12)23-8-7-19-11-23/h1-9,11,15H,10H2. The first kappa shape index (κ1) is 14.6. The van der Waals surface area contributed by atoms with E-state index < -0.39 is 6.10 Å². The third-order valence-electron chi connectivity index (χ3n) is 4.00. The van der Waals surface area contributed by atoms with E-state index in [2.05, 4.69) is 20.1 Å². The van der Waals surface area contributed by atoms with Crippen LogP contribution in [0.5, 0.6) is 11.5 Å². The van der Waals surface area contributed by atoms with Crippen molar-refractivity contribution in [3.8, 4) is 28.7 Å². The summed E-state index contributed by atoms with van der Waals surface area (Å²) in [7, 11) is 0. The van der Waals surface area contributed by atoms with Gasteiger partial charge in [0.15, 0.2) is 11.5 Å². The molecule has 1 atom stereocenters. The summed E-state index contributed by atoms with van der Waals surface area (Å²) in [6, 6.07) is 11.2. The molecule has 4 heterocycles. The molecule has 0 saturated heterocycles. The van der Waals surface area contributed by atoms with Gasteiger partial charge in [-0.15, -0.1) is 0 Å². The zero-order valence-corrected chi connectivity index (χ0v) is 13.5. The summed E-state index contributed by atoms with van der Waals surface area (Å²) in [5, 5.41) is 4.03. The molecule has 128 valence electrons. The molecule has 0 fully saturated rings. The number of para-hydroxylation sites is 2. The predicted octanol–water partition coefficient (Wildman–Crippen LogP) is 2.83. The third-order valence-corrected chi connectivity index (χ3v) is 4.00. The van der Waals surface area contributed by atoms with Gasteiger partial charge in [0.25, 0.3) is 5.89 Å². The highest BCUT2D eigenvalue weighted by Gasteiger charge is 2.27. The van der Waals surface area contributed by atoms with Crippen LogP contribution in [-0.4, -0.2) is 31.3 Å². The lowest BCUT2D eigenvalue weighted by Gasteiger charge is -2.23. The van der Waals surface area contributed by atoms with Gasteiger partial charge in [-0.25, -0.2) is 9.97 Å². The van der Waals surface area contributed by atoms with Crippen LogP contribution in [-0.2, 0) is 0 Å². The Morgan fingerprint density at radius 1 is 1.08 bits per heavy atom. The highest BCUT2D eigenvalue weighted by Crippen LogP contribution is 2.35. The SMILES string of the molecule is c1ccc2c(c1)OCC(c1nc(-c3ccc(-n4ccnc4)nc3)no1)O2. The summed E-state index contributed by atoms with van der Waals surface area (Å²) in [5.41, 5.74) is 0.751. The van der Waals surface area contributed by atoms with Crippen LogP contribution in [0.3, 0.4) is 0 Å². The Morgan fingerprint density at radius 3 is 2.81 bits per heavy atom. The lowest BCUT2D eigenvalue weighted by atomic mass is 10.2. The van der Waals surface area contributed by atoms with E-state index >= 15 is 0 Å². The Balaban J connectivity index is 1.37. The maximum atomic E-state index is 5.89. The summed E-state index contributed by atoms with van der Waals surface area (Å²) in [6.07, 6.45) is 6.46. The largest absolute Gasteiger partial charge is 0.485 e. The molecule has 0 saturated carbocycles. The lowest BCUT2D eigenvalue weighted by Crippen LogP contribution is -2.21. The number of ether oxygens (including phenoxy) is 2. The van der Waals surface area contributed by atoms with Crippen molar-refractivity contribution >= 4 is 0 Å². The van der Waals surface area contributed by atoms with Crippen LogP contribution in [0.15, 0.2) is 65.8 Å². The van der Waals surface area contributed by atoms with Gasteiger partial charge in [-0.1, -0.05) is 17.3 Å². The summed E-state index contributed by atoms with van der Waals surface area (Å²) >= 11 is 0. The number of benzene rings is 1. The topological polar surface area (TPSA) is 88.1 Å². The number of rotatable bonds is 3. The summed E-state index contributed by atoms with van der Waals surface area (Å²) in [5.74, 6) is 2.95. The molecule has 0 radical (unpaired) electrons. The average molecular weight is 347 g/mol. The molecule has 0 N–H and O–H groups in total. The molecule has 1 unspecified atom stereocenters. The van der Waals surface area contributed by atoms with Crippen molar-refractivity contribution in [3.05, 3.63) is 67.2 Å². The summed E-state index contributed by atoms with van der Waals surface area (Å²) < 4.78 is 18.8. The number of hydrogen-bond acceptors (Lipinski definition) is 7. The fraction of sp³-hybridized carbons (Fsp3) is 0.111. The molecule has 0 aliphatic carbocycles. The summed E-state index contributed by atoms with van der Waals surface area (Å²) in [4.78, 5) is 12.8. The molecule has 4 aromatic rings. The normalized spacial score (nSPS) is 15.8. The lowest BCUT2D eigenvalue weighted by molar-refractivity contribution is 0.0665. The van der Waals surface area contributed by atoms with Gasteiger partial charge in [0.2, 0.25) is 11.9 Å². The molecule has 5 rings (SSSR count). The van der Waals surface area contributed by atoms with Gasteiger partial charge >= 0.3 is 0 Å². The van der Waals surface area contributed by atoms with Gasteiger partial charge < -0.3 is 14.0 Å². The highest BCUT2D eigenvalue weighted by molar-refractivity contribution is 5.53. The maximum Gasteiger partial charge on any atom is 0.271 e. The highest BCUT2D eigenvalue weighted by atomic mass is 16.6. The van der Waals surface area contributed by atoms with Crippen molar-refractivity contribution in [1.82, 2.24) is 24.7 Å². The third kappa shape index (κ3) is 2.57. The van der Waals surface area contributed by atoms with E-state index in [1.807, 2.05) is 47.2 Å². The first-order valence-electron chi connectivity index (χ1n) is 8.04. The quantitative estimate of drug-likeness (QED) is 0.563. The molecule has 1 aliphatic rings. The second kappa shape index (κ2) is 5.99. The maximum absolute atomic E-state index is 5.89. The zero-order valence-electron chi connectivity index (χ0n) is 13.5. The van der Waals surface area contributed by atoms with Crippen LogP contribution < -0.4 is 9.47 Å². The Bertz CT molecular complexity index is 1030. The van der Waals surface area contributed by atoms with Crippen LogP contribution >= 0.6 is 0 Å². The minimum absolute atomic E-state index is 0.316. The minimum atomic E-state index is -0.440. The van der Waals surface area contributed by atoms with E-state index in [1.54, 1.807) is 18.7 Å². The number of nitrogens with zero attached hydrogens (tertiary/aromatic N) is 5. The molecule has 1 aromatic carbocycles. The number of aromatic nitrogens is 5. The molecule has 26 heavy (non-hydrogen) atoms. The van der Waals surface area contributed by atoms with E-state index in [9.17, 15) is 0 Å². The summed E-state index contributed by atoms with van der Waals surface area (Å²) in [6.45, 7) is 0.316. The molecule has 0 bridgehead atoms. The Hall–Kier alpha value is -3.68. The van der Waals surface area contributed by atoms with E-state index in [4.69, 9.17) is 14.0 Å². The van der Waals surface area contributed by atoms with Crippen LogP contribution in [0.2, 0.25) is 0 Å². The van der Waals surface area contributed by atoms with Crippen molar-refractivity contribution < 1.29 is 14.0 Å². The van der Waals surface area contributed by atoms with Gasteiger partial charge in [0, 0.05) is 24.2 Å². The number of hydrogen-bond donors (Lipinski definition) is 0. The van der Waals surface area contributed by atoms with Gasteiger partial charge in [-0.3, -0.25) is 4.57 Å². The van der Waals surface area contributed by atoms with Gasteiger partial charge in [-0.2, -0.15) is 4.98 Å². The smallest absolute Gasteiger partial charge is 0.271 e. The molecule has 0 amide bonds. The molecular formula is C18H13N5O3. The van der Waals surface area contributed by atoms with Crippen LogP contribution in [0, 0.1) is 0 Å². The van der Waals surface area contributed by atoms with Crippen molar-refractivity contribution in [3.63, 3.8) is 0 Å². The molecule has 3 aromatic heterocycles. The van der Waals surface area contributed by atoms with Crippen molar-refractivity contribution in [2.24, 2.45) is 0 Å². The van der Waals surface area contributed by atoms with Crippen molar-refractivity contribution in [1.29, 1.82) is 0 Å². The second-order valence-corrected chi connectivity index (χ2v) is 5.70. The van der Waals surface area contributed by atoms with Crippen molar-refractivity contribution in [2.45, 2.75) is 6.10 Å².